The Hall–Kier alpha value is -3.90. The van der Waals surface area contributed by atoms with Gasteiger partial charge in [-0.1, -0.05) is 42.5 Å². The van der Waals surface area contributed by atoms with Gasteiger partial charge in [-0.25, -0.2) is 0 Å². The van der Waals surface area contributed by atoms with Crippen molar-refractivity contribution in [1.29, 1.82) is 0 Å². The standard InChI is InChI=1S/C26H21NO5/c28-21-14-20(17-6-8-19(9-7-17)26(30)27-10-12-31-13-11-27)15-24-25(21)22(29)16-23(32-24)18-4-2-1-3-5-18/h1-9,14-16,28H,10-13H2. The molecule has 0 atom stereocenters. The van der Waals surface area contributed by atoms with Crippen LogP contribution in [-0.2, 0) is 4.74 Å². The highest BCUT2D eigenvalue weighted by Crippen LogP contribution is 2.32. The van der Waals surface area contributed by atoms with Gasteiger partial charge in [0.1, 0.15) is 22.5 Å². The van der Waals surface area contributed by atoms with Crippen LogP contribution in [0.25, 0.3) is 33.4 Å². The Bertz CT molecular complexity index is 1340. The van der Waals surface area contributed by atoms with E-state index in [0.29, 0.717) is 48.8 Å². The third-order valence-electron chi connectivity index (χ3n) is 5.63. The van der Waals surface area contributed by atoms with E-state index in [2.05, 4.69) is 0 Å². The minimum atomic E-state index is -0.305. The second kappa shape index (κ2) is 8.32. The minimum absolute atomic E-state index is 0.0280. The molecule has 6 heteroatoms. The molecule has 1 amide bonds. The molecule has 4 aromatic rings. The van der Waals surface area contributed by atoms with Crippen molar-refractivity contribution in [1.82, 2.24) is 4.90 Å². The summed E-state index contributed by atoms with van der Waals surface area (Å²) >= 11 is 0. The van der Waals surface area contributed by atoms with Gasteiger partial charge in [0, 0.05) is 30.3 Å². The molecule has 6 nitrogen and oxygen atoms in total. The maximum atomic E-state index is 12.7. The zero-order chi connectivity index (χ0) is 22.1. The van der Waals surface area contributed by atoms with E-state index in [0.717, 1.165) is 11.1 Å². The van der Waals surface area contributed by atoms with E-state index in [9.17, 15) is 14.7 Å². The number of aromatic hydroxyl groups is 1. The fourth-order valence-electron chi connectivity index (χ4n) is 3.93. The number of hydrogen-bond donors (Lipinski definition) is 1. The summed E-state index contributed by atoms with van der Waals surface area (Å²) in [4.78, 5) is 27.1. The van der Waals surface area contributed by atoms with Crippen LogP contribution in [0, 0.1) is 0 Å². The summed E-state index contributed by atoms with van der Waals surface area (Å²) in [5, 5.41) is 10.7. The summed E-state index contributed by atoms with van der Waals surface area (Å²) in [5.41, 5.74) is 2.86. The molecule has 0 aliphatic carbocycles. The Morgan fingerprint density at radius 2 is 1.56 bits per heavy atom. The first kappa shape index (κ1) is 20.0. The number of nitrogens with zero attached hydrogens (tertiary/aromatic N) is 1. The lowest BCUT2D eigenvalue weighted by molar-refractivity contribution is 0.0303. The molecular formula is C26H21NO5. The maximum Gasteiger partial charge on any atom is 0.254 e. The van der Waals surface area contributed by atoms with Crippen molar-refractivity contribution in [3.63, 3.8) is 0 Å². The molecule has 1 N–H and O–H groups in total. The van der Waals surface area contributed by atoms with E-state index < -0.39 is 0 Å². The molecule has 0 spiro atoms. The molecular weight excluding hydrogens is 406 g/mol. The number of rotatable bonds is 3. The van der Waals surface area contributed by atoms with Crippen LogP contribution in [0.1, 0.15) is 10.4 Å². The molecule has 5 rings (SSSR count). The van der Waals surface area contributed by atoms with Crippen LogP contribution in [0.4, 0.5) is 0 Å². The smallest absolute Gasteiger partial charge is 0.254 e. The maximum absolute atomic E-state index is 12.7. The summed E-state index contributed by atoms with van der Waals surface area (Å²) in [6.07, 6.45) is 0. The van der Waals surface area contributed by atoms with E-state index in [1.54, 1.807) is 29.2 Å². The number of fused-ring (bicyclic) bond motifs is 1. The molecule has 3 aromatic carbocycles. The lowest BCUT2D eigenvalue weighted by Gasteiger charge is -2.26. The van der Waals surface area contributed by atoms with E-state index in [1.165, 1.54) is 6.07 Å². The zero-order valence-electron chi connectivity index (χ0n) is 17.3. The number of benzene rings is 3. The predicted octanol–water partition coefficient (Wildman–Crippen LogP) is 4.31. The average molecular weight is 427 g/mol. The van der Waals surface area contributed by atoms with Crippen molar-refractivity contribution < 1.29 is 19.1 Å². The van der Waals surface area contributed by atoms with Crippen molar-refractivity contribution in [2.24, 2.45) is 0 Å². The lowest BCUT2D eigenvalue weighted by atomic mass is 10.0. The SMILES string of the molecule is O=C(c1ccc(-c2cc(O)c3c(=O)cc(-c4ccccc4)oc3c2)cc1)N1CCOCC1. The first-order valence-electron chi connectivity index (χ1n) is 10.4. The Morgan fingerprint density at radius 3 is 2.28 bits per heavy atom. The fourth-order valence-corrected chi connectivity index (χ4v) is 3.93. The van der Waals surface area contributed by atoms with Crippen LogP contribution < -0.4 is 5.43 Å². The molecule has 0 saturated carbocycles. The normalized spacial score (nSPS) is 13.9. The third kappa shape index (κ3) is 3.76. The zero-order valence-corrected chi connectivity index (χ0v) is 17.3. The number of amides is 1. The van der Waals surface area contributed by atoms with Crippen molar-refractivity contribution >= 4 is 16.9 Å². The van der Waals surface area contributed by atoms with Crippen LogP contribution in [0.5, 0.6) is 5.75 Å². The van der Waals surface area contributed by atoms with Gasteiger partial charge >= 0.3 is 0 Å². The van der Waals surface area contributed by atoms with Gasteiger partial charge in [-0.2, -0.15) is 0 Å². The molecule has 1 aliphatic heterocycles. The molecule has 0 bridgehead atoms. The van der Waals surface area contributed by atoms with E-state index in [4.69, 9.17) is 9.15 Å². The summed E-state index contributed by atoms with van der Waals surface area (Å²) < 4.78 is 11.3. The van der Waals surface area contributed by atoms with Crippen molar-refractivity contribution in [2.45, 2.75) is 0 Å². The third-order valence-corrected chi connectivity index (χ3v) is 5.63. The van der Waals surface area contributed by atoms with Crippen molar-refractivity contribution in [3.8, 4) is 28.2 Å². The second-order valence-electron chi connectivity index (χ2n) is 7.69. The Kier molecular flexibility index (Phi) is 5.21. The van der Waals surface area contributed by atoms with E-state index >= 15 is 0 Å². The first-order chi connectivity index (χ1) is 15.6. The topological polar surface area (TPSA) is 80.0 Å². The number of morpholine rings is 1. The number of hydrogen-bond acceptors (Lipinski definition) is 5. The van der Waals surface area contributed by atoms with Crippen LogP contribution in [0.15, 0.2) is 82.0 Å². The number of phenols is 1. The number of carbonyl (C=O) groups is 1. The Morgan fingerprint density at radius 1 is 0.844 bits per heavy atom. The summed E-state index contributed by atoms with van der Waals surface area (Å²) in [6, 6.07) is 21.2. The quantitative estimate of drug-likeness (QED) is 0.527. The Balaban J connectivity index is 1.51. The molecule has 160 valence electrons. The van der Waals surface area contributed by atoms with Crippen LogP contribution in [0.3, 0.4) is 0 Å². The van der Waals surface area contributed by atoms with E-state index in [1.807, 2.05) is 42.5 Å². The largest absolute Gasteiger partial charge is 0.507 e. The molecule has 1 saturated heterocycles. The molecule has 2 heterocycles. The fraction of sp³-hybridized carbons (Fsp3) is 0.154. The molecule has 0 unspecified atom stereocenters. The summed E-state index contributed by atoms with van der Waals surface area (Å²) in [7, 11) is 0. The molecule has 32 heavy (non-hydrogen) atoms. The monoisotopic (exact) mass is 427 g/mol. The van der Waals surface area contributed by atoms with Gasteiger partial charge in [-0.15, -0.1) is 0 Å². The van der Waals surface area contributed by atoms with Gasteiger partial charge in [-0.05, 0) is 35.4 Å². The second-order valence-corrected chi connectivity index (χ2v) is 7.69. The molecule has 1 aliphatic rings. The van der Waals surface area contributed by atoms with Gasteiger partial charge in [0.05, 0.1) is 13.2 Å². The first-order valence-corrected chi connectivity index (χ1v) is 10.4. The number of carbonyl (C=O) groups excluding carboxylic acids is 1. The van der Waals surface area contributed by atoms with Gasteiger partial charge < -0.3 is 19.2 Å². The summed E-state index contributed by atoms with van der Waals surface area (Å²) in [5.74, 6) is 0.269. The van der Waals surface area contributed by atoms with E-state index in [-0.39, 0.29) is 22.5 Å². The predicted molar refractivity (Wildman–Crippen MR) is 122 cm³/mol. The van der Waals surface area contributed by atoms with Crippen molar-refractivity contribution in [3.05, 3.63) is 88.6 Å². The summed E-state index contributed by atoms with van der Waals surface area (Å²) in [6.45, 7) is 2.27. The number of ether oxygens (including phenoxy) is 1. The van der Waals surface area contributed by atoms with Crippen molar-refractivity contribution in [2.75, 3.05) is 26.3 Å². The van der Waals surface area contributed by atoms with Crippen LogP contribution >= 0.6 is 0 Å². The lowest BCUT2D eigenvalue weighted by Crippen LogP contribution is -2.40. The highest BCUT2D eigenvalue weighted by atomic mass is 16.5. The molecule has 1 fully saturated rings. The van der Waals surface area contributed by atoms with Gasteiger partial charge in [0.15, 0.2) is 5.43 Å². The molecule has 1 aromatic heterocycles. The number of phenolic OH excluding ortho intramolecular Hbond substituents is 1. The highest BCUT2D eigenvalue weighted by molar-refractivity contribution is 5.95. The average Bonchev–Trinajstić information content (AvgIpc) is 2.84. The van der Waals surface area contributed by atoms with Crippen LogP contribution in [0.2, 0.25) is 0 Å². The molecule has 0 radical (unpaired) electrons. The highest BCUT2D eigenvalue weighted by Gasteiger charge is 2.19. The van der Waals surface area contributed by atoms with Crippen LogP contribution in [-0.4, -0.2) is 42.2 Å². The van der Waals surface area contributed by atoms with Gasteiger partial charge in [0.2, 0.25) is 0 Å². The van der Waals surface area contributed by atoms with Gasteiger partial charge in [-0.3, -0.25) is 9.59 Å². The van der Waals surface area contributed by atoms with Gasteiger partial charge in [0.25, 0.3) is 5.91 Å². The Labute approximate surface area is 184 Å². The minimum Gasteiger partial charge on any atom is -0.507 e.